The molecule has 2 fully saturated rings. The molecule has 30 heavy (non-hydrogen) atoms. The van der Waals surface area contributed by atoms with Crippen LogP contribution in [0.25, 0.3) is 0 Å². The molecular formula is C23H28ClN3O2S. The molecule has 2 aliphatic rings. The summed E-state index contributed by atoms with van der Waals surface area (Å²) in [7, 11) is 0. The van der Waals surface area contributed by atoms with Crippen LogP contribution < -0.4 is 5.32 Å². The summed E-state index contributed by atoms with van der Waals surface area (Å²) in [6.07, 6.45) is 4.11. The lowest BCUT2D eigenvalue weighted by molar-refractivity contribution is -0.126. The lowest BCUT2D eigenvalue weighted by Gasteiger charge is -2.33. The van der Waals surface area contributed by atoms with Gasteiger partial charge in [0.2, 0.25) is 5.91 Å². The maximum absolute atomic E-state index is 13.0. The van der Waals surface area contributed by atoms with Gasteiger partial charge in [-0.1, -0.05) is 17.7 Å². The fraction of sp³-hybridized carbons (Fsp3) is 0.478. The van der Waals surface area contributed by atoms with E-state index in [0.717, 1.165) is 25.9 Å². The number of hydrogen-bond donors (Lipinski definition) is 1. The van der Waals surface area contributed by atoms with E-state index in [1.54, 1.807) is 40.5 Å². The predicted molar refractivity (Wildman–Crippen MR) is 121 cm³/mol. The minimum Gasteiger partial charge on any atom is -0.354 e. The van der Waals surface area contributed by atoms with Crippen LogP contribution in [0.1, 0.15) is 47.0 Å². The Bertz CT molecular complexity index is 850. The first-order valence-corrected chi connectivity index (χ1v) is 12.0. The van der Waals surface area contributed by atoms with Crippen molar-refractivity contribution < 1.29 is 9.59 Å². The first-order chi connectivity index (χ1) is 14.6. The van der Waals surface area contributed by atoms with Crippen molar-refractivity contribution >= 4 is 34.8 Å². The van der Waals surface area contributed by atoms with Gasteiger partial charge in [-0.2, -0.15) is 0 Å². The van der Waals surface area contributed by atoms with Gasteiger partial charge in [-0.15, -0.1) is 11.3 Å². The Morgan fingerprint density at radius 1 is 1.10 bits per heavy atom. The Labute approximate surface area is 187 Å². The monoisotopic (exact) mass is 445 g/mol. The summed E-state index contributed by atoms with van der Waals surface area (Å²) < 4.78 is 0. The third kappa shape index (κ3) is 5.05. The van der Waals surface area contributed by atoms with Gasteiger partial charge in [-0.3, -0.25) is 14.5 Å². The van der Waals surface area contributed by atoms with Crippen molar-refractivity contribution in [1.29, 1.82) is 0 Å². The van der Waals surface area contributed by atoms with E-state index in [9.17, 15) is 9.59 Å². The quantitative estimate of drug-likeness (QED) is 0.724. The average Bonchev–Trinajstić information content (AvgIpc) is 3.49. The maximum atomic E-state index is 13.0. The number of rotatable bonds is 6. The number of carbonyl (C=O) groups is 2. The molecule has 0 bridgehead atoms. The van der Waals surface area contributed by atoms with Crippen molar-refractivity contribution in [2.45, 2.75) is 31.7 Å². The molecule has 7 heteroatoms. The van der Waals surface area contributed by atoms with Crippen LogP contribution >= 0.6 is 22.9 Å². The summed E-state index contributed by atoms with van der Waals surface area (Å²) in [5.41, 5.74) is 0.618. The normalized spacial score (nSPS) is 20.8. The number of nitrogens with one attached hydrogen (secondary N) is 1. The Balaban J connectivity index is 1.35. The number of benzene rings is 1. The SMILES string of the molecule is O=C(NCC(c1cccs1)N1CCCC1)C1CCCN(C(=O)c2ccc(Cl)cc2)C1. The smallest absolute Gasteiger partial charge is 0.253 e. The lowest BCUT2D eigenvalue weighted by atomic mass is 9.96. The summed E-state index contributed by atoms with van der Waals surface area (Å²) in [6.45, 7) is 3.97. The standard InChI is InChI=1S/C23H28ClN3O2S/c24-19-9-7-17(8-10-19)23(29)27-13-3-5-18(16-27)22(28)25-15-20(21-6-4-14-30-21)26-11-1-2-12-26/h4,6-10,14,18,20H,1-3,5,11-13,15-16H2,(H,25,28). The maximum Gasteiger partial charge on any atom is 0.253 e. The van der Waals surface area contributed by atoms with Crippen LogP contribution in [0.4, 0.5) is 0 Å². The molecule has 3 heterocycles. The molecular weight excluding hydrogens is 418 g/mol. The highest BCUT2D eigenvalue weighted by atomic mass is 35.5. The van der Waals surface area contributed by atoms with Crippen LogP contribution in [0.3, 0.4) is 0 Å². The van der Waals surface area contributed by atoms with Gasteiger partial charge in [0.15, 0.2) is 0 Å². The molecule has 0 aliphatic carbocycles. The summed E-state index contributed by atoms with van der Waals surface area (Å²) in [4.78, 5) is 31.4. The summed E-state index contributed by atoms with van der Waals surface area (Å²) >= 11 is 7.68. The summed E-state index contributed by atoms with van der Waals surface area (Å²) in [5, 5.41) is 5.91. The fourth-order valence-corrected chi connectivity index (χ4v) is 5.42. The van der Waals surface area contributed by atoms with E-state index < -0.39 is 0 Å². The second-order valence-electron chi connectivity index (χ2n) is 8.12. The van der Waals surface area contributed by atoms with E-state index in [0.29, 0.717) is 30.2 Å². The predicted octanol–water partition coefficient (Wildman–Crippen LogP) is 4.21. The average molecular weight is 446 g/mol. The molecule has 2 saturated heterocycles. The van der Waals surface area contributed by atoms with Crippen molar-refractivity contribution in [3.63, 3.8) is 0 Å². The number of amides is 2. The van der Waals surface area contributed by atoms with E-state index in [2.05, 4.69) is 27.7 Å². The second-order valence-corrected chi connectivity index (χ2v) is 9.53. The van der Waals surface area contributed by atoms with Crippen LogP contribution in [0.15, 0.2) is 41.8 Å². The van der Waals surface area contributed by atoms with Gasteiger partial charge >= 0.3 is 0 Å². The molecule has 2 aliphatic heterocycles. The molecule has 0 radical (unpaired) electrons. The second kappa shape index (κ2) is 9.94. The van der Waals surface area contributed by atoms with Crippen LogP contribution in [0, 0.1) is 5.92 Å². The number of halogens is 1. The zero-order valence-electron chi connectivity index (χ0n) is 17.1. The van der Waals surface area contributed by atoms with Crippen LogP contribution in [0.2, 0.25) is 5.02 Å². The molecule has 2 unspecified atom stereocenters. The van der Waals surface area contributed by atoms with Crippen molar-refractivity contribution in [2.75, 3.05) is 32.7 Å². The Hall–Kier alpha value is -1.89. The number of likely N-dealkylation sites (tertiary alicyclic amines) is 2. The van der Waals surface area contributed by atoms with Gasteiger partial charge in [0.1, 0.15) is 0 Å². The number of hydrogen-bond acceptors (Lipinski definition) is 4. The van der Waals surface area contributed by atoms with Crippen LogP contribution in [-0.2, 0) is 4.79 Å². The largest absolute Gasteiger partial charge is 0.354 e. The number of thiophene rings is 1. The Morgan fingerprint density at radius 2 is 1.87 bits per heavy atom. The van der Waals surface area contributed by atoms with E-state index in [1.807, 2.05) is 0 Å². The molecule has 0 spiro atoms. The minimum absolute atomic E-state index is 0.0299. The van der Waals surface area contributed by atoms with Gasteiger partial charge in [-0.25, -0.2) is 0 Å². The van der Waals surface area contributed by atoms with Gasteiger partial charge in [0.25, 0.3) is 5.91 Å². The molecule has 1 aromatic heterocycles. The first kappa shape index (κ1) is 21.3. The molecule has 2 amide bonds. The fourth-order valence-electron chi connectivity index (χ4n) is 4.44. The zero-order chi connectivity index (χ0) is 20.9. The van der Waals surface area contributed by atoms with Crippen LogP contribution in [-0.4, -0.2) is 54.3 Å². The number of piperidine rings is 1. The van der Waals surface area contributed by atoms with Crippen molar-refractivity contribution in [3.8, 4) is 0 Å². The van der Waals surface area contributed by atoms with Gasteiger partial charge in [0, 0.05) is 35.1 Å². The van der Waals surface area contributed by atoms with E-state index in [4.69, 9.17) is 11.6 Å². The topological polar surface area (TPSA) is 52.7 Å². The van der Waals surface area contributed by atoms with Gasteiger partial charge in [0.05, 0.1) is 12.0 Å². The van der Waals surface area contributed by atoms with Crippen LogP contribution in [0.5, 0.6) is 0 Å². The van der Waals surface area contributed by atoms with E-state index in [-0.39, 0.29) is 23.8 Å². The molecule has 2 atom stereocenters. The highest BCUT2D eigenvalue weighted by Gasteiger charge is 2.30. The molecule has 4 rings (SSSR count). The number of nitrogens with zero attached hydrogens (tertiary/aromatic N) is 2. The zero-order valence-corrected chi connectivity index (χ0v) is 18.6. The van der Waals surface area contributed by atoms with E-state index in [1.165, 1.54) is 17.7 Å². The highest BCUT2D eigenvalue weighted by molar-refractivity contribution is 7.10. The minimum atomic E-state index is -0.155. The lowest BCUT2D eigenvalue weighted by Crippen LogP contribution is -2.46. The molecule has 160 valence electrons. The molecule has 1 N–H and O–H groups in total. The number of carbonyl (C=O) groups excluding carboxylic acids is 2. The van der Waals surface area contributed by atoms with Crippen molar-refractivity contribution in [2.24, 2.45) is 5.92 Å². The van der Waals surface area contributed by atoms with Gasteiger partial charge in [-0.05, 0) is 74.5 Å². The highest BCUT2D eigenvalue weighted by Crippen LogP contribution is 2.28. The Kier molecular flexibility index (Phi) is 7.08. The molecule has 0 saturated carbocycles. The first-order valence-electron chi connectivity index (χ1n) is 10.7. The van der Waals surface area contributed by atoms with Crippen molar-refractivity contribution in [3.05, 3.63) is 57.2 Å². The summed E-state index contributed by atoms with van der Waals surface area (Å²) in [6, 6.07) is 11.4. The van der Waals surface area contributed by atoms with Gasteiger partial charge < -0.3 is 10.2 Å². The van der Waals surface area contributed by atoms with Crippen molar-refractivity contribution in [1.82, 2.24) is 15.1 Å². The molecule has 2 aromatic rings. The molecule has 1 aromatic carbocycles. The Morgan fingerprint density at radius 3 is 2.57 bits per heavy atom. The third-order valence-corrected chi connectivity index (χ3v) is 7.32. The van der Waals surface area contributed by atoms with E-state index >= 15 is 0 Å². The summed E-state index contributed by atoms with van der Waals surface area (Å²) in [5.74, 6) is -0.125. The molecule has 5 nitrogen and oxygen atoms in total. The third-order valence-electron chi connectivity index (χ3n) is 6.09.